The van der Waals surface area contributed by atoms with Gasteiger partial charge in [-0.05, 0) is 42.7 Å². The lowest BCUT2D eigenvalue weighted by Crippen LogP contribution is -1.99. The van der Waals surface area contributed by atoms with Crippen molar-refractivity contribution in [3.8, 4) is 17.0 Å². The van der Waals surface area contributed by atoms with E-state index in [1.165, 1.54) is 0 Å². The maximum Gasteiger partial charge on any atom is 0.125 e. The van der Waals surface area contributed by atoms with Crippen LogP contribution < -0.4 is 10.5 Å². The highest BCUT2D eigenvalue weighted by atomic mass is 16.5. The molecule has 4 nitrogen and oxygen atoms in total. The maximum atomic E-state index is 6.02. The molecule has 1 heterocycles. The zero-order valence-corrected chi connectivity index (χ0v) is 13.7. The van der Waals surface area contributed by atoms with Gasteiger partial charge in [-0.2, -0.15) is 5.10 Å². The van der Waals surface area contributed by atoms with Gasteiger partial charge < -0.3 is 10.5 Å². The van der Waals surface area contributed by atoms with Gasteiger partial charge in [-0.25, -0.2) is 0 Å². The van der Waals surface area contributed by atoms with Crippen LogP contribution in [-0.4, -0.2) is 9.78 Å². The first-order valence-corrected chi connectivity index (χ1v) is 7.62. The molecule has 0 spiro atoms. The van der Waals surface area contributed by atoms with Crippen LogP contribution in [0.1, 0.15) is 16.7 Å². The summed E-state index contributed by atoms with van der Waals surface area (Å²) < 4.78 is 7.70. The van der Waals surface area contributed by atoms with Crippen molar-refractivity contribution in [1.29, 1.82) is 0 Å². The molecule has 2 N–H and O–H groups in total. The highest BCUT2D eigenvalue weighted by molar-refractivity contribution is 5.66. The van der Waals surface area contributed by atoms with E-state index >= 15 is 0 Å². The summed E-state index contributed by atoms with van der Waals surface area (Å²) in [4.78, 5) is 0. The third kappa shape index (κ3) is 3.21. The summed E-state index contributed by atoms with van der Waals surface area (Å²) in [6, 6.07) is 16.3. The molecule has 0 radical (unpaired) electrons. The molecule has 4 heteroatoms. The summed E-state index contributed by atoms with van der Waals surface area (Å²) in [6.07, 6.45) is 0. The Hall–Kier alpha value is -2.75. The molecule has 23 heavy (non-hydrogen) atoms. The molecule has 0 bridgehead atoms. The minimum Gasteiger partial charge on any atom is -0.488 e. The molecule has 0 unspecified atom stereocenters. The molecule has 2 aromatic carbocycles. The number of hydrogen-bond acceptors (Lipinski definition) is 3. The van der Waals surface area contributed by atoms with Crippen LogP contribution in [0.15, 0.2) is 48.5 Å². The predicted molar refractivity (Wildman–Crippen MR) is 93.3 cm³/mol. The quantitative estimate of drug-likeness (QED) is 0.796. The minimum atomic E-state index is 0.568. The zero-order chi connectivity index (χ0) is 16.4. The van der Waals surface area contributed by atoms with E-state index in [1.54, 1.807) is 4.68 Å². The van der Waals surface area contributed by atoms with E-state index in [0.29, 0.717) is 12.4 Å². The van der Waals surface area contributed by atoms with Gasteiger partial charge in [0.15, 0.2) is 0 Å². The fraction of sp³-hybridized carbons (Fsp3) is 0.211. The van der Waals surface area contributed by atoms with Crippen molar-refractivity contribution in [2.24, 2.45) is 7.05 Å². The first-order chi connectivity index (χ1) is 11.0. The zero-order valence-electron chi connectivity index (χ0n) is 13.7. The van der Waals surface area contributed by atoms with E-state index in [9.17, 15) is 0 Å². The summed E-state index contributed by atoms with van der Waals surface area (Å²) in [7, 11) is 1.84. The van der Waals surface area contributed by atoms with Gasteiger partial charge in [0.1, 0.15) is 18.2 Å². The predicted octanol–water partition coefficient (Wildman–Crippen LogP) is 3.87. The Morgan fingerprint density at radius 3 is 2.26 bits per heavy atom. The molecule has 0 aliphatic rings. The Balaban J connectivity index is 1.85. The topological polar surface area (TPSA) is 53.1 Å². The highest BCUT2D eigenvalue weighted by Crippen LogP contribution is 2.30. The summed E-state index contributed by atoms with van der Waals surface area (Å²) in [6.45, 7) is 4.69. The standard InChI is InChI=1S/C19H21N3O/c1-13-9-16(17-11-18(20)22(3)21-17)10-14(2)19(13)23-12-15-7-5-4-6-8-15/h4-11H,12,20H2,1-3H3. The van der Waals surface area contributed by atoms with Crippen LogP contribution >= 0.6 is 0 Å². The average Bonchev–Trinajstić information content (AvgIpc) is 2.87. The molecule has 1 aromatic heterocycles. The fourth-order valence-corrected chi connectivity index (χ4v) is 2.68. The molecule has 3 rings (SSSR count). The Morgan fingerprint density at radius 2 is 1.70 bits per heavy atom. The van der Waals surface area contributed by atoms with Crippen LogP contribution in [0, 0.1) is 13.8 Å². The maximum absolute atomic E-state index is 6.02. The summed E-state index contributed by atoms with van der Waals surface area (Å²) >= 11 is 0. The summed E-state index contributed by atoms with van der Waals surface area (Å²) in [5, 5.41) is 4.44. The van der Waals surface area contributed by atoms with E-state index in [2.05, 4.69) is 43.2 Å². The van der Waals surface area contributed by atoms with Crippen molar-refractivity contribution >= 4 is 5.82 Å². The first-order valence-electron chi connectivity index (χ1n) is 7.62. The van der Waals surface area contributed by atoms with E-state index in [1.807, 2.05) is 31.3 Å². The van der Waals surface area contributed by atoms with E-state index in [-0.39, 0.29) is 0 Å². The number of rotatable bonds is 4. The number of nitrogen functional groups attached to an aromatic ring is 1. The van der Waals surface area contributed by atoms with Gasteiger partial charge in [-0.15, -0.1) is 0 Å². The Labute approximate surface area is 136 Å². The molecule has 118 valence electrons. The van der Waals surface area contributed by atoms with E-state index < -0.39 is 0 Å². The summed E-state index contributed by atoms with van der Waals surface area (Å²) in [5.41, 5.74) is 11.2. The Kier molecular flexibility index (Phi) is 4.06. The molecule has 0 fully saturated rings. The number of anilines is 1. The van der Waals surface area contributed by atoms with Gasteiger partial charge in [-0.3, -0.25) is 4.68 Å². The fourth-order valence-electron chi connectivity index (χ4n) is 2.68. The van der Waals surface area contributed by atoms with Crippen molar-refractivity contribution in [1.82, 2.24) is 9.78 Å². The Bertz CT molecular complexity index is 779. The second-order valence-corrected chi connectivity index (χ2v) is 5.79. The second-order valence-electron chi connectivity index (χ2n) is 5.79. The first kappa shape index (κ1) is 15.2. The monoisotopic (exact) mass is 307 g/mol. The van der Waals surface area contributed by atoms with Gasteiger partial charge in [0, 0.05) is 18.7 Å². The smallest absolute Gasteiger partial charge is 0.125 e. The van der Waals surface area contributed by atoms with Crippen molar-refractivity contribution in [2.45, 2.75) is 20.5 Å². The van der Waals surface area contributed by atoms with Crippen molar-refractivity contribution in [3.63, 3.8) is 0 Å². The molecule has 0 saturated carbocycles. The number of nitrogens with zero attached hydrogens (tertiary/aromatic N) is 2. The second kappa shape index (κ2) is 6.16. The number of aryl methyl sites for hydroxylation is 3. The molecule has 0 saturated heterocycles. The molecule has 0 atom stereocenters. The molecular formula is C19H21N3O. The van der Waals surface area contributed by atoms with Crippen LogP contribution in [0.5, 0.6) is 5.75 Å². The largest absolute Gasteiger partial charge is 0.488 e. The van der Waals surface area contributed by atoms with Crippen LogP contribution in [0.4, 0.5) is 5.82 Å². The number of ether oxygens (including phenoxy) is 1. The van der Waals surface area contributed by atoms with E-state index in [0.717, 1.165) is 33.7 Å². The number of benzene rings is 2. The van der Waals surface area contributed by atoms with Crippen LogP contribution in [0.25, 0.3) is 11.3 Å². The molecule has 0 aliphatic carbocycles. The lowest BCUT2D eigenvalue weighted by molar-refractivity contribution is 0.302. The highest BCUT2D eigenvalue weighted by Gasteiger charge is 2.11. The van der Waals surface area contributed by atoms with Crippen LogP contribution in [0.3, 0.4) is 0 Å². The van der Waals surface area contributed by atoms with Crippen LogP contribution in [0.2, 0.25) is 0 Å². The van der Waals surface area contributed by atoms with Gasteiger partial charge in [0.2, 0.25) is 0 Å². The van der Waals surface area contributed by atoms with Gasteiger partial charge in [0.05, 0.1) is 5.69 Å². The van der Waals surface area contributed by atoms with Gasteiger partial charge in [-0.1, -0.05) is 30.3 Å². The van der Waals surface area contributed by atoms with Gasteiger partial charge >= 0.3 is 0 Å². The third-order valence-corrected chi connectivity index (χ3v) is 3.90. The lowest BCUT2D eigenvalue weighted by Gasteiger charge is -2.13. The van der Waals surface area contributed by atoms with Crippen LogP contribution in [-0.2, 0) is 13.7 Å². The number of aromatic nitrogens is 2. The lowest BCUT2D eigenvalue weighted by atomic mass is 10.0. The average molecular weight is 307 g/mol. The number of nitrogens with two attached hydrogens (primary N) is 1. The van der Waals surface area contributed by atoms with E-state index in [4.69, 9.17) is 10.5 Å². The SMILES string of the molecule is Cc1cc(-c2cc(N)n(C)n2)cc(C)c1OCc1ccccc1. The molecule has 3 aromatic rings. The Morgan fingerprint density at radius 1 is 1.04 bits per heavy atom. The normalized spacial score (nSPS) is 10.7. The summed E-state index contributed by atoms with van der Waals surface area (Å²) in [5.74, 6) is 1.58. The van der Waals surface area contributed by atoms with Crippen molar-refractivity contribution in [2.75, 3.05) is 5.73 Å². The van der Waals surface area contributed by atoms with Gasteiger partial charge in [0.25, 0.3) is 0 Å². The molecule has 0 aliphatic heterocycles. The van der Waals surface area contributed by atoms with Crippen molar-refractivity contribution < 1.29 is 4.74 Å². The van der Waals surface area contributed by atoms with Crippen molar-refractivity contribution in [3.05, 3.63) is 65.2 Å². The molecule has 0 amide bonds. The molecular weight excluding hydrogens is 286 g/mol. The third-order valence-electron chi connectivity index (χ3n) is 3.90. The number of hydrogen-bond donors (Lipinski definition) is 1. The minimum absolute atomic E-state index is 0.568.